The Morgan fingerprint density at radius 3 is 2.70 bits per heavy atom. The molecule has 238 valence electrons. The summed E-state index contributed by atoms with van der Waals surface area (Å²) in [6.07, 6.45) is 1.49. The number of nitrogens with zero attached hydrogens (tertiary/aromatic N) is 1. The Hall–Kier alpha value is -2.69. The van der Waals surface area contributed by atoms with E-state index in [9.17, 15) is 4.79 Å². The number of hydrogen-bond acceptors (Lipinski definition) is 8. The van der Waals surface area contributed by atoms with Gasteiger partial charge in [0.15, 0.2) is 0 Å². The third kappa shape index (κ3) is 9.91. The van der Waals surface area contributed by atoms with Crippen LogP contribution in [0.2, 0.25) is 0 Å². The van der Waals surface area contributed by atoms with Gasteiger partial charge in [-0.25, -0.2) is 0 Å². The summed E-state index contributed by atoms with van der Waals surface area (Å²) in [6, 6.07) is 15.0. The molecule has 2 aromatic rings. The van der Waals surface area contributed by atoms with Crippen LogP contribution in [0.15, 0.2) is 42.5 Å². The topological polar surface area (TPSA) is 90.5 Å². The first-order valence-electron chi connectivity index (χ1n) is 15.9. The van der Waals surface area contributed by atoms with E-state index in [1.165, 1.54) is 5.56 Å². The number of benzene rings is 2. The minimum atomic E-state index is -0.0449. The molecule has 0 radical (unpaired) electrons. The molecule has 2 N–H and O–H groups in total. The number of ether oxygens (including phenoxy) is 5. The molecule has 1 amide bonds. The molecule has 0 spiro atoms. The predicted octanol–water partition coefficient (Wildman–Crippen LogP) is 4.28. The van der Waals surface area contributed by atoms with Crippen LogP contribution in [0.1, 0.15) is 56.2 Å². The Balaban J connectivity index is 1.45. The number of hydrogen-bond donors (Lipinski definition) is 2. The predicted molar refractivity (Wildman–Crippen MR) is 169 cm³/mol. The molecular weight excluding hydrogens is 546 g/mol. The SMILES string of the molecule is CCOC(C)COCc1ccc([C@H]2[C@H](CNC(=O)CC)CNC[C@@H]2OCc2ccc3c(c2)N(CCCOC)CCO3)cc1. The Morgan fingerprint density at radius 1 is 1.12 bits per heavy atom. The second kappa shape index (κ2) is 17.6. The summed E-state index contributed by atoms with van der Waals surface area (Å²) in [7, 11) is 1.74. The number of carbonyl (C=O) groups excluding carboxylic acids is 1. The average molecular weight is 598 g/mol. The van der Waals surface area contributed by atoms with Crippen LogP contribution in [-0.2, 0) is 37.0 Å². The Morgan fingerprint density at radius 2 is 1.93 bits per heavy atom. The van der Waals surface area contributed by atoms with Crippen molar-refractivity contribution in [1.29, 1.82) is 0 Å². The van der Waals surface area contributed by atoms with Crippen molar-refractivity contribution in [1.82, 2.24) is 10.6 Å². The summed E-state index contributed by atoms with van der Waals surface area (Å²) < 4.78 is 29.3. The fourth-order valence-electron chi connectivity index (χ4n) is 5.94. The number of amides is 1. The molecule has 0 aromatic heterocycles. The third-order valence-electron chi connectivity index (χ3n) is 8.20. The summed E-state index contributed by atoms with van der Waals surface area (Å²) in [6.45, 7) is 13.6. The number of carbonyl (C=O) groups is 1. The van der Waals surface area contributed by atoms with E-state index in [1.54, 1.807) is 7.11 Å². The maximum atomic E-state index is 12.1. The summed E-state index contributed by atoms with van der Waals surface area (Å²) in [5.41, 5.74) is 4.59. The lowest BCUT2D eigenvalue weighted by Crippen LogP contribution is -2.50. The lowest BCUT2D eigenvalue weighted by molar-refractivity contribution is -0.121. The van der Waals surface area contributed by atoms with Gasteiger partial charge in [0, 0.05) is 58.8 Å². The van der Waals surface area contributed by atoms with Crippen LogP contribution in [0, 0.1) is 5.92 Å². The van der Waals surface area contributed by atoms with Gasteiger partial charge >= 0.3 is 0 Å². The quantitative estimate of drug-likeness (QED) is 0.261. The Bertz CT molecular complexity index is 1110. The van der Waals surface area contributed by atoms with Crippen LogP contribution < -0.4 is 20.3 Å². The third-order valence-corrected chi connectivity index (χ3v) is 8.20. The number of methoxy groups -OCH3 is 1. The molecule has 1 fully saturated rings. The monoisotopic (exact) mass is 597 g/mol. The molecule has 2 aliphatic rings. The maximum Gasteiger partial charge on any atom is 0.219 e. The van der Waals surface area contributed by atoms with Crippen molar-refractivity contribution in [2.75, 3.05) is 71.2 Å². The van der Waals surface area contributed by atoms with Gasteiger partial charge in [-0.1, -0.05) is 37.3 Å². The molecule has 2 aromatic carbocycles. The van der Waals surface area contributed by atoms with Gasteiger partial charge in [-0.15, -0.1) is 0 Å². The number of anilines is 1. The van der Waals surface area contributed by atoms with Crippen molar-refractivity contribution in [2.45, 2.75) is 65.0 Å². The Kier molecular flexibility index (Phi) is 13.6. The van der Waals surface area contributed by atoms with Crippen molar-refractivity contribution in [3.63, 3.8) is 0 Å². The number of nitrogens with one attached hydrogen (secondary N) is 2. The van der Waals surface area contributed by atoms with Crippen molar-refractivity contribution in [3.05, 3.63) is 59.2 Å². The van der Waals surface area contributed by atoms with Crippen LogP contribution in [0.25, 0.3) is 0 Å². The first-order valence-corrected chi connectivity index (χ1v) is 15.9. The van der Waals surface area contributed by atoms with Crippen LogP contribution in [0.5, 0.6) is 5.75 Å². The van der Waals surface area contributed by atoms with E-state index in [0.29, 0.717) is 46.0 Å². The van der Waals surface area contributed by atoms with E-state index in [0.717, 1.165) is 61.8 Å². The smallest absolute Gasteiger partial charge is 0.219 e. The van der Waals surface area contributed by atoms with E-state index in [1.807, 2.05) is 20.8 Å². The summed E-state index contributed by atoms with van der Waals surface area (Å²) in [5, 5.41) is 6.68. The summed E-state index contributed by atoms with van der Waals surface area (Å²) in [5.74, 6) is 1.34. The Labute approximate surface area is 257 Å². The molecule has 1 unspecified atom stereocenters. The maximum absolute atomic E-state index is 12.1. The highest BCUT2D eigenvalue weighted by Gasteiger charge is 2.35. The van der Waals surface area contributed by atoms with Crippen molar-refractivity contribution in [2.24, 2.45) is 5.92 Å². The highest BCUT2D eigenvalue weighted by Crippen LogP contribution is 2.35. The molecule has 4 atom stereocenters. The number of piperidine rings is 1. The van der Waals surface area contributed by atoms with Crippen molar-refractivity contribution < 1.29 is 28.5 Å². The van der Waals surface area contributed by atoms with Gasteiger partial charge in [0.05, 0.1) is 44.3 Å². The lowest BCUT2D eigenvalue weighted by Gasteiger charge is -2.39. The zero-order valence-corrected chi connectivity index (χ0v) is 26.4. The average Bonchev–Trinajstić information content (AvgIpc) is 3.03. The molecule has 9 nitrogen and oxygen atoms in total. The number of rotatable bonds is 17. The highest BCUT2D eigenvalue weighted by molar-refractivity contribution is 5.75. The van der Waals surface area contributed by atoms with E-state index in [-0.39, 0.29) is 30.0 Å². The minimum Gasteiger partial charge on any atom is -0.490 e. The van der Waals surface area contributed by atoms with Crippen molar-refractivity contribution in [3.8, 4) is 5.75 Å². The first kappa shape index (κ1) is 33.2. The lowest BCUT2D eigenvalue weighted by atomic mass is 9.79. The van der Waals surface area contributed by atoms with E-state index in [2.05, 4.69) is 58.0 Å². The van der Waals surface area contributed by atoms with Crippen LogP contribution in [0.3, 0.4) is 0 Å². The first-order chi connectivity index (χ1) is 21.0. The largest absolute Gasteiger partial charge is 0.490 e. The zero-order valence-electron chi connectivity index (χ0n) is 26.4. The van der Waals surface area contributed by atoms with Crippen LogP contribution >= 0.6 is 0 Å². The standard InChI is InChI=1S/C34H51N3O6/c1-5-33(38)36-20-29-19-35-21-32(34(29)28-11-8-26(9-12-28)23-40-22-25(3)41-6-2)43-24-27-10-13-31-30(18-27)37(15-17-42-31)14-7-16-39-4/h8-13,18,25,29,32,34-35H,5-7,14-17,19-24H2,1-4H3,(H,36,38)/t25?,29-,32-,34-/m0/s1. The molecule has 0 aliphatic carbocycles. The van der Waals surface area contributed by atoms with Crippen LogP contribution in [-0.4, -0.2) is 84.4 Å². The van der Waals surface area contributed by atoms with E-state index >= 15 is 0 Å². The van der Waals surface area contributed by atoms with Gasteiger partial charge < -0.3 is 39.2 Å². The normalized spacial score (nSPS) is 20.7. The van der Waals surface area contributed by atoms with E-state index in [4.69, 9.17) is 23.7 Å². The van der Waals surface area contributed by atoms with Gasteiger partial charge in [0.1, 0.15) is 12.4 Å². The molecule has 1 saturated heterocycles. The van der Waals surface area contributed by atoms with Gasteiger partial charge in [-0.2, -0.15) is 0 Å². The van der Waals surface area contributed by atoms with Gasteiger partial charge in [-0.05, 0) is 55.0 Å². The van der Waals surface area contributed by atoms with Crippen molar-refractivity contribution >= 4 is 11.6 Å². The zero-order chi connectivity index (χ0) is 30.4. The van der Waals surface area contributed by atoms with Gasteiger partial charge in [0.25, 0.3) is 0 Å². The molecule has 2 heterocycles. The van der Waals surface area contributed by atoms with Gasteiger partial charge in [-0.3, -0.25) is 4.79 Å². The summed E-state index contributed by atoms with van der Waals surface area (Å²) >= 11 is 0. The fraction of sp³-hybridized carbons (Fsp3) is 0.618. The molecule has 2 aliphatic heterocycles. The second-order valence-corrected chi connectivity index (χ2v) is 11.5. The summed E-state index contributed by atoms with van der Waals surface area (Å²) in [4.78, 5) is 14.5. The molecule has 0 bridgehead atoms. The molecule has 9 heteroatoms. The molecule has 0 saturated carbocycles. The van der Waals surface area contributed by atoms with Crippen LogP contribution in [0.4, 0.5) is 5.69 Å². The molecule has 43 heavy (non-hydrogen) atoms. The number of fused-ring (bicyclic) bond motifs is 1. The molecule has 4 rings (SSSR count). The second-order valence-electron chi connectivity index (χ2n) is 11.5. The van der Waals surface area contributed by atoms with Gasteiger partial charge in [0.2, 0.25) is 5.91 Å². The minimum absolute atomic E-state index is 0.0449. The van der Waals surface area contributed by atoms with E-state index < -0.39 is 0 Å². The highest BCUT2D eigenvalue weighted by atomic mass is 16.5. The fourth-order valence-corrected chi connectivity index (χ4v) is 5.94. The molecular formula is C34H51N3O6.